The molecule has 0 aliphatic carbocycles. The summed E-state index contributed by atoms with van der Waals surface area (Å²) in [5.74, 6) is -0.0997. The molecule has 0 unspecified atom stereocenters. The summed E-state index contributed by atoms with van der Waals surface area (Å²) in [6.07, 6.45) is 3.31. The number of imidazole rings is 1. The van der Waals surface area contributed by atoms with Gasteiger partial charge in [0.25, 0.3) is 5.56 Å². The summed E-state index contributed by atoms with van der Waals surface area (Å²) in [5, 5.41) is 0. The van der Waals surface area contributed by atoms with Crippen molar-refractivity contribution >= 4 is 22.8 Å². The highest BCUT2D eigenvalue weighted by molar-refractivity contribution is 5.97. The van der Waals surface area contributed by atoms with Crippen molar-refractivity contribution in [2.75, 3.05) is 11.4 Å². The first-order valence-electron chi connectivity index (χ1n) is 8.93. The standard InChI is InChI=1S/C19H21N5O3/c1-12(17(25)23-10-6-8-13-7-4-5-9-14(13)23)24-11-20-16-15(24)18(26)22(3)19(27)21(16)2/h4-5,7,9,11-12H,6,8,10H2,1-3H3/t12-/m0/s1. The first-order valence-corrected chi connectivity index (χ1v) is 8.93. The van der Waals surface area contributed by atoms with Gasteiger partial charge in [-0.3, -0.25) is 18.7 Å². The van der Waals surface area contributed by atoms with Crippen LogP contribution in [0, 0.1) is 0 Å². The van der Waals surface area contributed by atoms with Gasteiger partial charge in [-0.05, 0) is 31.4 Å². The molecule has 0 bridgehead atoms. The average molecular weight is 367 g/mol. The lowest BCUT2D eigenvalue weighted by atomic mass is 10.0. The van der Waals surface area contributed by atoms with Gasteiger partial charge in [0.15, 0.2) is 11.2 Å². The Morgan fingerprint density at radius 1 is 1.15 bits per heavy atom. The second-order valence-electron chi connectivity index (χ2n) is 6.93. The van der Waals surface area contributed by atoms with E-state index in [0.717, 1.165) is 28.7 Å². The summed E-state index contributed by atoms with van der Waals surface area (Å²) >= 11 is 0. The number of amides is 1. The van der Waals surface area contributed by atoms with Crippen molar-refractivity contribution in [3.63, 3.8) is 0 Å². The smallest absolute Gasteiger partial charge is 0.312 e. The van der Waals surface area contributed by atoms with Crippen molar-refractivity contribution in [3.05, 3.63) is 57.0 Å². The van der Waals surface area contributed by atoms with Crippen LogP contribution in [-0.4, -0.2) is 31.1 Å². The molecule has 0 radical (unpaired) electrons. The van der Waals surface area contributed by atoms with E-state index in [1.807, 2.05) is 24.3 Å². The summed E-state index contributed by atoms with van der Waals surface area (Å²) in [6.45, 7) is 2.40. The van der Waals surface area contributed by atoms with E-state index < -0.39 is 17.3 Å². The Balaban J connectivity index is 1.81. The van der Waals surface area contributed by atoms with E-state index in [4.69, 9.17) is 0 Å². The SMILES string of the molecule is C[C@@H](C(=O)N1CCCc2ccccc21)n1cnc2c1c(=O)n(C)c(=O)n2C. The highest BCUT2D eigenvalue weighted by Gasteiger charge is 2.29. The van der Waals surface area contributed by atoms with Crippen LogP contribution in [0.15, 0.2) is 40.2 Å². The van der Waals surface area contributed by atoms with Crippen LogP contribution in [0.2, 0.25) is 0 Å². The van der Waals surface area contributed by atoms with Gasteiger partial charge < -0.3 is 9.47 Å². The lowest BCUT2D eigenvalue weighted by molar-refractivity contribution is -0.121. The van der Waals surface area contributed by atoms with Crippen molar-refractivity contribution < 1.29 is 4.79 Å². The van der Waals surface area contributed by atoms with Crippen LogP contribution in [0.5, 0.6) is 0 Å². The Morgan fingerprint density at radius 3 is 2.67 bits per heavy atom. The molecular formula is C19H21N5O3. The molecule has 0 spiro atoms. The van der Waals surface area contributed by atoms with Crippen LogP contribution < -0.4 is 16.1 Å². The molecule has 3 aromatic rings. The van der Waals surface area contributed by atoms with Gasteiger partial charge in [0, 0.05) is 26.3 Å². The number of rotatable bonds is 2. The maximum atomic E-state index is 13.3. The number of nitrogens with zero attached hydrogens (tertiary/aromatic N) is 5. The third-order valence-corrected chi connectivity index (χ3v) is 5.32. The van der Waals surface area contributed by atoms with Gasteiger partial charge in [0.2, 0.25) is 5.91 Å². The Kier molecular flexibility index (Phi) is 3.98. The minimum absolute atomic E-state index is 0.0997. The molecule has 1 aliphatic heterocycles. The summed E-state index contributed by atoms with van der Waals surface area (Å²) in [5.41, 5.74) is 1.71. The number of carbonyl (C=O) groups is 1. The van der Waals surface area contributed by atoms with Crippen LogP contribution in [-0.2, 0) is 25.3 Å². The third kappa shape index (κ3) is 2.51. The first-order chi connectivity index (χ1) is 12.9. The van der Waals surface area contributed by atoms with Crippen molar-refractivity contribution in [2.45, 2.75) is 25.8 Å². The zero-order chi connectivity index (χ0) is 19.3. The van der Waals surface area contributed by atoms with Crippen LogP contribution in [0.4, 0.5) is 5.69 Å². The molecule has 140 valence electrons. The zero-order valence-electron chi connectivity index (χ0n) is 15.5. The Hall–Kier alpha value is -3.16. The number of carbonyl (C=O) groups excluding carboxylic acids is 1. The van der Waals surface area contributed by atoms with Crippen LogP contribution >= 0.6 is 0 Å². The van der Waals surface area contributed by atoms with Crippen molar-refractivity contribution in [2.24, 2.45) is 14.1 Å². The lowest BCUT2D eigenvalue weighted by Crippen LogP contribution is -2.41. The molecule has 27 heavy (non-hydrogen) atoms. The normalized spacial score (nSPS) is 15.0. The second-order valence-corrected chi connectivity index (χ2v) is 6.93. The van der Waals surface area contributed by atoms with E-state index in [2.05, 4.69) is 4.98 Å². The van der Waals surface area contributed by atoms with Gasteiger partial charge in [-0.25, -0.2) is 9.78 Å². The number of fused-ring (bicyclic) bond motifs is 2. The molecule has 3 heterocycles. The molecule has 1 aliphatic rings. The van der Waals surface area contributed by atoms with E-state index >= 15 is 0 Å². The minimum Gasteiger partial charge on any atom is -0.312 e. The number of hydrogen-bond donors (Lipinski definition) is 0. The number of hydrogen-bond acceptors (Lipinski definition) is 4. The largest absolute Gasteiger partial charge is 0.332 e. The van der Waals surface area contributed by atoms with Crippen LogP contribution in [0.3, 0.4) is 0 Å². The Labute approximate surface area is 155 Å². The molecule has 8 nitrogen and oxygen atoms in total. The molecular weight excluding hydrogens is 346 g/mol. The lowest BCUT2D eigenvalue weighted by Gasteiger charge is -2.31. The molecule has 1 aromatic carbocycles. The van der Waals surface area contributed by atoms with E-state index in [-0.39, 0.29) is 17.1 Å². The van der Waals surface area contributed by atoms with E-state index in [9.17, 15) is 14.4 Å². The quantitative estimate of drug-likeness (QED) is 0.676. The number of para-hydroxylation sites is 1. The molecule has 8 heteroatoms. The van der Waals surface area contributed by atoms with Crippen molar-refractivity contribution in [3.8, 4) is 0 Å². The van der Waals surface area contributed by atoms with Gasteiger partial charge >= 0.3 is 5.69 Å². The van der Waals surface area contributed by atoms with Gasteiger partial charge in [-0.1, -0.05) is 18.2 Å². The van der Waals surface area contributed by atoms with Crippen LogP contribution in [0.25, 0.3) is 11.2 Å². The molecule has 2 aromatic heterocycles. The van der Waals surface area contributed by atoms with Gasteiger partial charge in [0.1, 0.15) is 6.04 Å². The first kappa shape index (κ1) is 17.3. The van der Waals surface area contributed by atoms with Crippen molar-refractivity contribution in [1.29, 1.82) is 0 Å². The number of benzene rings is 1. The number of aryl methyl sites for hydroxylation is 2. The highest BCUT2D eigenvalue weighted by atomic mass is 16.2. The van der Waals surface area contributed by atoms with E-state index in [0.29, 0.717) is 6.54 Å². The topological polar surface area (TPSA) is 82.1 Å². The number of anilines is 1. The maximum absolute atomic E-state index is 13.3. The molecule has 1 amide bonds. The predicted octanol–water partition coefficient (Wildman–Crippen LogP) is 0.974. The minimum atomic E-state index is -0.619. The molecule has 0 N–H and O–H groups in total. The molecule has 0 saturated heterocycles. The molecule has 0 saturated carbocycles. The summed E-state index contributed by atoms with van der Waals surface area (Å²) in [4.78, 5) is 44.0. The fourth-order valence-corrected chi connectivity index (χ4v) is 3.76. The van der Waals surface area contributed by atoms with E-state index in [1.165, 1.54) is 17.9 Å². The van der Waals surface area contributed by atoms with Gasteiger partial charge in [-0.2, -0.15) is 0 Å². The van der Waals surface area contributed by atoms with Crippen LogP contribution in [0.1, 0.15) is 24.9 Å². The highest BCUT2D eigenvalue weighted by Crippen LogP contribution is 2.29. The van der Waals surface area contributed by atoms with Gasteiger partial charge in [-0.15, -0.1) is 0 Å². The number of aromatic nitrogens is 4. The zero-order valence-corrected chi connectivity index (χ0v) is 15.5. The molecule has 4 rings (SSSR count). The molecule has 1 atom stereocenters. The summed E-state index contributed by atoms with van der Waals surface area (Å²) in [7, 11) is 2.99. The van der Waals surface area contributed by atoms with Gasteiger partial charge in [0.05, 0.1) is 6.33 Å². The fraction of sp³-hybridized carbons (Fsp3) is 0.368. The monoisotopic (exact) mass is 367 g/mol. The summed E-state index contributed by atoms with van der Waals surface area (Å²) < 4.78 is 3.92. The average Bonchev–Trinajstić information content (AvgIpc) is 3.14. The Bertz CT molecular complexity index is 1170. The van der Waals surface area contributed by atoms with E-state index in [1.54, 1.807) is 23.4 Å². The third-order valence-electron chi connectivity index (χ3n) is 5.32. The maximum Gasteiger partial charge on any atom is 0.332 e. The summed E-state index contributed by atoms with van der Waals surface area (Å²) in [6, 6.07) is 7.27. The second kappa shape index (κ2) is 6.22. The predicted molar refractivity (Wildman–Crippen MR) is 102 cm³/mol. The molecule has 0 fully saturated rings. The van der Waals surface area contributed by atoms with Crippen molar-refractivity contribution in [1.82, 2.24) is 18.7 Å². The fourth-order valence-electron chi connectivity index (χ4n) is 3.76. The Morgan fingerprint density at radius 2 is 1.89 bits per heavy atom.